The van der Waals surface area contributed by atoms with E-state index in [0.29, 0.717) is 29.5 Å². The van der Waals surface area contributed by atoms with Gasteiger partial charge in [-0.2, -0.15) is 13.2 Å². The van der Waals surface area contributed by atoms with Crippen LogP contribution < -0.4 is 5.32 Å². The highest BCUT2D eigenvalue weighted by atomic mass is 79.9. The summed E-state index contributed by atoms with van der Waals surface area (Å²) < 4.78 is 38.2. The molecule has 0 amide bonds. The SMILES string of the molecule is O=C(O)CCCCCNc1cc(Br)cc(C(F)(F)F)c1. The zero-order chi connectivity index (χ0) is 15.2. The van der Waals surface area contributed by atoms with E-state index in [1.165, 1.54) is 0 Å². The number of halogens is 4. The van der Waals surface area contributed by atoms with Crippen molar-refractivity contribution in [3.8, 4) is 0 Å². The molecule has 1 rings (SSSR count). The standard InChI is InChI=1S/C13H15BrF3NO2/c14-10-6-9(13(15,16)17)7-11(8-10)18-5-3-1-2-4-12(19)20/h6-8,18H,1-5H2,(H,19,20). The van der Waals surface area contributed by atoms with Crippen molar-refractivity contribution in [3.63, 3.8) is 0 Å². The Labute approximate surface area is 123 Å². The summed E-state index contributed by atoms with van der Waals surface area (Å²) in [4.78, 5) is 10.3. The number of nitrogens with one attached hydrogen (secondary N) is 1. The fourth-order valence-electron chi connectivity index (χ4n) is 1.67. The van der Waals surface area contributed by atoms with E-state index in [1.54, 1.807) is 6.07 Å². The van der Waals surface area contributed by atoms with E-state index in [-0.39, 0.29) is 6.42 Å². The molecule has 0 bridgehead atoms. The maximum absolute atomic E-state index is 12.6. The van der Waals surface area contributed by atoms with Crippen molar-refractivity contribution < 1.29 is 23.1 Å². The number of anilines is 1. The molecule has 0 saturated carbocycles. The molecule has 0 aliphatic carbocycles. The van der Waals surface area contributed by atoms with Gasteiger partial charge in [-0.05, 0) is 31.0 Å². The molecule has 112 valence electrons. The Kier molecular flexibility index (Phi) is 6.32. The second-order valence-electron chi connectivity index (χ2n) is 4.36. The predicted molar refractivity (Wildman–Crippen MR) is 73.7 cm³/mol. The summed E-state index contributed by atoms with van der Waals surface area (Å²) in [6.07, 6.45) is -2.25. The van der Waals surface area contributed by atoms with Crippen LogP contribution in [0.3, 0.4) is 0 Å². The van der Waals surface area contributed by atoms with Crippen molar-refractivity contribution in [2.24, 2.45) is 0 Å². The van der Waals surface area contributed by atoms with E-state index in [1.807, 2.05) is 0 Å². The fourth-order valence-corrected chi connectivity index (χ4v) is 2.16. The van der Waals surface area contributed by atoms with Gasteiger partial charge in [-0.3, -0.25) is 4.79 Å². The lowest BCUT2D eigenvalue weighted by Gasteiger charge is -2.11. The smallest absolute Gasteiger partial charge is 0.416 e. The van der Waals surface area contributed by atoms with Crippen LogP contribution in [-0.4, -0.2) is 17.6 Å². The van der Waals surface area contributed by atoms with Gasteiger partial charge in [0.1, 0.15) is 0 Å². The number of hydrogen-bond donors (Lipinski definition) is 2. The van der Waals surface area contributed by atoms with Crippen LogP contribution in [0.15, 0.2) is 22.7 Å². The highest BCUT2D eigenvalue weighted by Gasteiger charge is 2.31. The number of aliphatic carboxylic acids is 1. The van der Waals surface area contributed by atoms with Gasteiger partial charge in [0.2, 0.25) is 0 Å². The number of carboxylic acid groups (broad SMARTS) is 1. The number of alkyl halides is 3. The van der Waals surface area contributed by atoms with Gasteiger partial charge in [0.15, 0.2) is 0 Å². The normalized spacial score (nSPS) is 11.4. The first-order chi connectivity index (χ1) is 9.29. The van der Waals surface area contributed by atoms with E-state index in [4.69, 9.17) is 5.11 Å². The second kappa shape index (κ2) is 7.52. The van der Waals surface area contributed by atoms with Crippen molar-refractivity contribution in [2.75, 3.05) is 11.9 Å². The number of carbonyl (C=O) groups is 1. The topological polar surface area (TPSA) is 49.3 Å². The van der Waals surface area contributed by atoms with Crippen molar-refractivity contribution in [1.29, 1.82) is 0 Å². The molecule has 0 saturated heterocycles. The molecule has 1 aromatic rings. The number of hydrogen-bond acceptors (Lipinski definition) is 2. The maximum Gasteiger partial charge on any atom is 0.416 e. The van der Waals surface area contributed by atoms with E-state index in [0.717, 1.165) is 18.6 Å². The third-order valence-electron chi connectivity index (χ3n) is 2.62. The molecule has 0 aliphatic rings. The van der Waals surface area contributed by atoms with Crippen molar-refractivity contribution in [2.45, 2.75) is 31.9 Å². The number of carboxylic acids is 1. The Morgan fingerprint density at radius 1 is 1.20 bits per heavy atom. The highest BCUT2D eigenvalue weighted by Crippen LogP contribution is 2.33. The Balaban J connectivity index is 2.44. The van der Waals surface area contributed by atoms with E-state index in [2.05, 4.69) is 21.2 Å². The average molecular weight is 354 g/mol. The Morgan fingerprint density at radius 2 is 1.90 bits per heavy atom. The van der Waals surface area contributed by atoms with Crippen molar-refractivity contribution in [1.82, 2.24) is 0 Å². The summed E-state index contributed by atoms with van der Waals surface area (Å²) in [7, 11) is 0. The van der Waals surface area contributed by atoms with Gasteiger partial charge < -0.3 is 10.4 Å². The molecule has 0 unspecified atom stereocenters. The molecule has 3 nitrogen and oxygen atoms in total. The lowest BCUT2D eigenvalue weighted by molar-refractivity contribution is -0.138. The summed E-state index contributed by atoms with van der Waals surface area (Å²) in [6, 6.07) is 3.66. The van der Waals surface area contributed by atoms with E-state index in [9.17, 15) is 18.0 Å². The molecule has 0 heterocycles. The Morgan fingerprint density at radius 3 is 2.50 bits per heavy atom. The third-order valence-corrected chi connectivity index (χ3v) is 3.08. The summed E-state index contributed by atoms with van der Waals surface area (Å²) in [5.41, 5.74) is -0.315. The van der Waals surface area contributed by atoms with Crippen molar-refractivity contribution >= 4 is 27.6 Å². The number of benzene rings is 1. The number of rotatable bonds is 7. The summed E-state index contributed by atoms with van der Waals surface area (Å²) in [5, 5.41) is 11.4. The van der Waals surface area contributed by atoms with Crippen LogP contribution in [0.2, 0.25) is 0 Å². The first-order valence-electron chi connectivity index (χ1n) is 6.12. The largest absolute Gasteiger partial charge is 0.481 e. The van der Waals surface area contributed by atoms with Gasteiger partial charge in [0, 0.05) is 23.1 Å². The molecular weight excluding hydrogens is 339 g/mol. The highest BCUT2D eigenvalue weighted by molar-refractivity contribution is 9.10. The Bertz CT molecular complexity index is 463. The average Bonchev–Trinajstić information content (AvgIpc) is 2.31. The van der Waals surface area contributed by atoms with Gasteiger partial charge in [-0.1, -0.05) is 22.4 Å². The third kappa shape index (κ3) is 6.27. The molecular formula is C13H15BrF3NO2. The molecule has 0 aromatic heterocycles. The minimum absolute atomic E-state index is 0.120. The van der Waals surface area contributed by atoms with Crippen LogP contribution >= 0.6 is 15.9 Å². The van der Waals surface area contributed by atoms with Crippen LogP contribution in [0, 0.1) is 0 Å². The lowest BCUT2D eigenvalue weighted by atomic mass is 10.1. The zero-order valence-electron chi connectivity index (χ0n) is 10.6. The molecule has 2 N–H and O–H groups in total. The monoisotopic (exact) mass is 353 g/mol. The van der Waals surface area contributed by atoms with Gasteiger partial charge >= 0.3 is 12.1 Å². The fraction of sp³-hybridized carbons (Fsp3) is 0.462. The van der Waals surface area contributed by atoms with Crippen LogP contribution in [0.4, 0.5) is 18.9 Å². The summed E-state index contributed by atoms with van der Waals surface area (Å²) in [6.45, 7) is 0.507. The van der Waals surface area contributed by atoms with Crippen LogP contribution in [0.25, 0.3) is 0 Å². The minimum Gasteiger partial charge on any atom is -0.481 e. The zero-order valence-corrected chi connectivity index (χ0v) is 12.2. The van der Waals surface area contributed by atoms with Crippen LogP contribution in [0.1, 0.15) is 31.2 Å². The molecule has 20 heavy (non-hydrogen) atoms. The molecule has 0 atom stereocenters. The van der Waals surface area contributed by atoms with Crippen LogP contribution in [-0.2, 0) is 11.0 Å². The maximum atomic E-state index is 12.6. The molecule has 0 aliphatic heterocycles. The van der Waals surface area contributed by atoms with E-state index < -0.39 is 17.7 Å². The molecule has 0 fully saturated rings. The van der Waals surface area contributed by atoms with Gasteiger partial charge in [0.05, 0.1) is 5.56 Å². The predicted octanol–water partition coefficient (Wildman–Crippen LogP) is 4.52. The molecule has 1 aromatic carbocycles. The first-order valence-corrected chi connectivity index (χ1v) is 6.92. The van der Waals surface area contributed by atoms with Crippen molar-refractivity contribution in [3.05, 3.63) is 28.2 Å². The van der Waals surface area contributed by atoms with Crippen LogP contribution in [0.5, 0.6) is 0 Å². The lowest BCUT2D eigenvalue weighted by Crippen LogP contribution is -2.07. The number of unbranched alkanes of at least 4 members (excludes halogenated alkanes) is 2. The molecule has 0 radical (unpaired) electrons. The first kappa shape index (κ1) is 16.8. The van der Waals surface area contributed by atoms with Gasteiger partial charge in [0.25, 0.3) is 0 Å². The summed E-state index contributed by atoms with van der Waals surface area (Å²) in [5.74, 6) is -0.834. The second-order valence-corrected chi connectivity index (χ2v) is 5.27. The minimum atomic E-state index is -4.37. The van der Waals surface area contributed by atoms with Gasteiger partial charge in [-0.15, -0.1) is 0 Å². The molecule has 0 spiro atoms. The van der Waals surface area contributed by atoms with E-state index >= 15 is 0 Å². The molecule has 7 heteroatoms. The Hall–Kier alpha value is -1.24. The summed E-state index contributed by atoms with van der Waals surface area (Å²) >= 11 is 3.05. The quantitative estimate of drug-likeness (QED) is 0.708. The van der Waals surface area contributed by atoms with Gasteiger partial charge in [-0.25, -0.2) is 0 Å².